The molecule has 0 atom stereocenters. The number of benzene rings is 2. The minimum Gasteiger partial charge on any atom is -0.475 e. The first kappa shape index (κ1) is 20.4. The summed E-state index contributed by atoms with van der Waals surface area (Å²) in [7, 11) is 0. The van der Waals surface area contributed by atoms with Gasteiger partial charge in [-0.05, 0) is 28.8 Å². The predicted octanol–water partition coefficient (Wildman–Crippen LogP) is 3.29. The molecule has 2 aromatic carbocycles. The number of rotatable bonds is 6. The van der Waals surface area contributed by atoms with Crippen LogP contribution in [0.15, 0.2) is 48.5 Å². The van der Waals surface area contributed by atoms with Crippen molar-refractivity contribution in [3.63, 3.8) is 0 Å². The molecule has 164 valence electrons. The highest BCUT2D eigenvalue weighted by molar-refractivity contribution is 5.86. The van der Waals surface area contributed by atoms with E-state index in [1.807, 2.05) is 60.0 Å². The standard InChI is InChI=1S/C23H20N8O2/c1-3-18-25-19-13(2)24-21(23(32)33)26-22(19)31(18)12-14-8-10-15(11-9-14)16-6-4-5-7-17(16)20-27-29-30-28-20/h4-11H,3,12H2,1-2H3,(H,32,33)(H,27,28,29,30). The zero-order valence-electron chi connectivity index (χ0n) is 18.0. The number of imidazole rings is 1. The normalized spacial score (nSPS) is 11.2. The number of aromatic nitrogens is 8. The second kappa shape index (κ2) is 8.23. The van der Waals surface area contributed by atoms with Crippen molar-refractivity contribution in [1.29, 1.82) is 0 Å². The van der Waals surface area contributed by atoms with Gasteiger partial charge in [-0.3, -0.25) is 0 Å². The van der Waals surface area contributed by atoms with Crippen LogP contribution in [0.25, 0.3) is 33.7 Å². The van der Waals surface area contributed by atoms with Crippen molar-refractivity contribution in [2.75, 3.05) is 0 Å². The molecule has 0 radical (unpaired) electrons. The van der Waals surface area contributed by atoms with Gasteiger partial charge in [0.2, 0.25) is 11.6 Å². The fourth-order valence-electron chi connectivity index (χ4n) is 3.89. The number of hydrogen-bond donors (Lipinski definition) is 2. The molecule has 0 amide bonds. The van der Waals surface area contributed by atoms with Gasteiger partial charge in [-0.15, -0.1) is 10.2 Å². The molecule has 5 rings (SSSR count). The predicted molar refractivity (Wildman–Crippen MR) is 121 cm³/mol. The maximum Gasteiger partial charge on any atom is 0.374 e. The quantitative estimate of drug-likeness (QED) is 0.411. The number of nitrogens with one attached hydrogen (secondary N) is 1. The van der Waals surface area contributed by atoms with Crippen molar-refractivity contribution in [2.24, 2.45) is 0 Å². The number of hydrogen-bond acceptors (Lipinski definition) is 7. The summed E-state index contributed by atoms with van der Waals surface area (Å²) in [6, 6.07) is 16.1. The van der Waals surface area contributed by atoms with Crippen LogP contribution in [0.5, 0.6) is 0 Å². The van der Waals surface area contributed by atoms with Crippen LogP contribution in [-0.2, 0) is 13.0 Å². The Morgan fingerprint density at radius 2 is 1.79 bits per heavy atom. The summed E-state index contributed by atoms with van der Waals surface area (Å²) in [5.41, 5.74) is 5.67. The number of nitrogens with zero attached hydrogens (tertiary/aromatic N) is 7. The number of aromatic amines is 1. The van der Waals surface area contributed by atoms with E-state index in [0.717, 1.165) is 28.1 Å². The molecule has 0 fully saturated rings. The van der Waals surface area contributed by atoms with Crippen molar-refractivity contribution < 1.29 is 9.90 Å². The monoisotopic (exact) mass is 440 g/mol. The van der Waals surface area contributed by atoms with Gasteiger partial charge in [0, 0.05) is 12.0 Å². The lowest BCUT2D eigenvalue weighted by Crippen LogP contribution is -2.09. The summed E-state index contributed by atoms with van der Waals surface area (Å²) in [5.74, 6) is -0.0134. The highest BCUT2D eigenvalue weighted by Crippen LogP contribution is 2.30. The fourth-order valence-corrected chi connectivity index (χ4v) is 3.89. The highest BCUT2D eigenvalue weighted by Gasteiger charge is 2.18. The second-order valence-electron chi connectivity index (χ2n) is 7.56. The summed E-state index contributed by atoms with van der Waals surface area (Å²) in [6.07, 6.45) is 0.689. The number of carboxylic acid groups (broad SMARTS) is 1. The number of aromatic carboxylic acids is 1. The minimum atomic E-state index is -1.16. The number of carbonyl (C=O) groups is 1. The molecule has 0 saturated heterocycles. The number of fused-ring (bicyclic) bond motifs is 1. The van der Waals surface area contributed by atoms with E-state index in [-0.39, 0.29) is 5.82 Å². The van der Waals surface area contributed by atoms with Crippen LogP contribution in [0.1, 0.15) is 34.6 Å². The average Bonchev–Trinajstić information content (AvgIpc) is 3.48. The van der Waals surface area contributed by atoms with Gasteiger partial charge in [0.05, 0.1) is 12.2 Å². The van der Waals surface area contributed by atoms with Gasteiger partial charge in [0.1, 0.15) is 11.3 Å². The lowest BCUT2D eigenvalue weighted by molar-refractivity contribution is 0.0683. The molecule has 0 unspecified atom stereocenters. The first-order chi connectivity index (χ1) is 16.0. The van der Waals surface area contributed by atoms with E-state index in [1.165, 1.54) is 0 Å². The Morgan fingerprint density at radius 3 is 2.45 bits per heavy atom. The van der Waals surface area contributed by atoms with Crippen LogP contribution < -0.4 is 0 Å². The van der Waals surface area contributed by atoms with E-state index in [1.54, 1.807) is 6.92 Å². The molecule has 33 heavy (non-hydrogen) atoms. The third kappa shape index (κ3) is 3.71. The third-order valence-corrected chi connectivity index (χ3v) is 5.47. The van der Waals surface area contributed by atoms with Gasteiger partial charge in [-0.2, -0.15) is 5.21 Å². The summed E-state index contributed by atoms with van der Waals surface area (Å²) in [4.78, 5) is 24.5. The molecule has 0 spiro atoms. The van der Waals surface area contributed by atoms with Gasteiger partial charge < -0.3 is 9.67 Å². The fraction of sp³-hybridized carbons (Fsp3) is 0.174. The molecule has 0 aliphatic heterocycles. The summed E-state index contributed by atoms with van der Waals surface area (Å²) in [6.45, 7) is 4.28. The summed E-state index contributed by atoms with van der Waals surface area (Å²) < 4.78 is 1.96. The Labute approximate surface area is 188 Å². The lowest BCUT2D eigenvalue weighted by atomic mass is 9.98. The van der Waals surface area contributed by atoms with Gasteiger partial charge in [0.25, 0.3) is 0 Å². The van der Waals surface area contributed by atoms with E-state index in [2.05, 4.69) is 35.6 Å². The zero-order valence-corrected chi connectivity index (χ0v) is 18.0. The van der Waals surface area contributed by atoms with Crippen molar-refractivity contribution in [2.45, 2.75) is 26.8 Å². The topological polar surface area (TPSA) is 135 Å². The van der Waals surface area contributed by atoms with E-state index in [4.69, 9.17) is 0 Å². The van der Waals surface area contributed by atoms with Crippen molar-refractivity contribution >= 4 is 17.1 Å². The molecule has 0 aliphatic carbocycles. The van der Waals surface area contributed by atoms with Gasteiger partial charge in [-0.25, -0.2) is 19.7 Å². The van der Waals surface area contributed by atoms with Crippen LogP contribution in [0, 0.1) is 6.92 Å². The average molecular weight is 440 g/mol. The summed E-state index contributed by atoms with van der Waals surface area (Å²) in [5, 5.41) is 23.7. The molecule has 10 heteroatoms. The molecule has 2 N–H and O–H groups in total. The van der Waals surface area contributed by atoms with Gasteiger partial charge in [-0.1, -0.05) is 55.5 Å². The van der Waals surface area contributed by atoms with Crippen LogP contribution in [-0.4, -0.2) is 51.2 Å². The van der Waals surface area contributed by atoms with Crippen molar-refractivity contribution in [3.8, 4) is 22.5 Å². The van der Waals surface area contributed by atoms with E-state index >= 15 is 0 Å². The molecular formula is C23H20N8O2. The molecule has 0 aliphatic rings. The maximum absolute atomic E-state index is 11.5. The second-order valence-corrected chi connectivity index (χ2v) is 7.56. The molecule has 10 nitrogen and oxygen atoms in total. The lowest BCUT2D eigenvalue weighted by Gasteiger charge is -2.10. The highest BCUT2D eigenvalue weighted by atomic mass is 16.4. The molecule has 3 aromatic heterocycles. The minimum absolute atomic E-state index is 0.225. The molecule has 5 aromatic rings. The van der Waals surface area contributed by atoms with Crippen molar-refractivity contribution in [3.05, 3.63) is 71.4 Å². The van der Waals surface area contributed by atoms with Crippen LogP contribution in [0.2, 0.25) is 0 Å². The van der Waals surface area contributed by atoms with E-state index < -0.39 is 5.97 Å². The molecule has 0 saturated carbocycles. The number of H-pyrrole nitrogens is 1. The van der Waals surface area contributed by atoms with E-state index in [9.17, 15) is 9.90 Å². The van der Waals surface area contributed by atoms with Crippen molar-refractivity contribution in [1.82, 2.24) is 40.1 Å². The van der Waals surface area contributed by atoms with Gasteiger partial charge >= 0.3 is 5.97 Å². The Morgan fingerprint density at radius 1 is 1.03 bits per heavy atom. The Kier molecular flexibility index (Phi) is 5.09. The SMILES string of the molecule is CCc1nc2c(C)nc(C(=O)O)nc2n1Cc1ccc(-c2ccccc2-c2nn[nH]n2)cc1. The number of carboxylic acids is 1. The third-order valence-electron chi connectivity index (χ3n) is 5.47. The van der Waals surface area contributed by atoms with E-state index in [0.29, 0.717) is 35.6 Å². The van der Waals surface area contributed by atoms with Crippen LogP contribution in [0.3, 0.4) is 0 Å². The Balaban J connectivity index is 1.52. The molecular weight excluding hydrogens is 420 g/mol. The van der Waals surface area contributed by atoms with Crippen LogP contribution >= 0.6 is 0 Å². The maximum atomic E-state index is 11.5. The smallest absolute Gasteiger partial charge is 0.374 e. The Hall–Kier alpha value is -4.47. The molecule has 3 heterocycles. The molecule has 0 bridgehead atoms. The summed E-state index contributed by atoms with van der Waals surface area (Å²) >= 11 is 0. The first-order valence-electron chi connectivity index (χ1n) is 10.4. The Bertz CT molecular complexity index is 1460. The number of aryl methyl sites for hydroxylation is 2. The largest absolute Gasteiger partial charge is 0.475 e. The van der Waals surface area contributed by atoms with Gasteiger partial charge in [0.15, 0.2) is 5.65 Å². The first-order valence-corrected chi connectivity index (χ1v) is 10.4. The zero-order chi connectivity index (χ0) is 22.9. The number of tetrazole rings is 1. The van der Waals surface area contributed by atoms with Crippen LogP contribution in [0.4, 0.5) is 0 Å².